The summed E-state index contributed by atoms with van der Waals surface area (Å²) in [7, 11) is 1.41. The number of benzene rings is 1. The van der Waals surface area contributed by atoms with Crippen LogP contribution in [0.15, 0.2) is 18.2 Å². The highest BCUT2D eigenvalue weighted by atomic mass is 19.1. The number of hydrogen-bond donors (Lipinski definition) is 2. The number of aliphatic carboxylic acids is 1. The van der Waals surface area contributed by atoms with Crippen molar-refractivity contribution < 1.29 is 24.1 Å². The van der Waals surface area contributed by atoms with E-state index in [2.05, 4.69) is 0 Å². The van der Waals surface area contributed by atoms with Gasteiger partial charge in [-0.05, 0) is 30.5 Å². The molecule has 0 bridgehead atoms. The van der Waals surface area contributed by atoms with Gasteiger partial charge in [-0.2, -0.15) is 0 Å². The Hall–Kier alpha value is -1.66. The molecule has 6 heteroatoms. The van der Waals surface area contributed by atoms with Gasteiger partial charge >= 0.3 is 5.97 Å². The van der Waals surface area contributed by atoms with Crippen molar-refractivity contribution in [1.29, 1.82) is 0 Å². The maximum atomic E-state index is 13.6. The lowest BCUT2D eigenvalue weighted by atomic mass is 9.91. The molecule has 5 nitrogen and oxygen atoms in total. The fourth-order valence-electron chi connectivity index (χ4n) is 2.36. The van der Waals surface area contributed by atoms with Crippen molar-refractivity contribution in [2.75, 3.05) is 20.2 Å². The third-order valence-electron chi connectivity index (χ3n) is 3.70. The molecule has 0 spiro atoms. The number of hydrogen-bond acceptors (Lipinski definition) is 4. The number of halogens is 1. The number of aliphatic hydroxyl groups is 1. The lowest BCUT2D eigenvalue weighted by molar-refractivity contribution is -0.163. The number of carbonyl (C=O) groups is 1. The molecular formula is C14H18FNO4. The van der Waals surface area contributed by atoms with E-state index < -0.39 is 17.4 Å². The van der Waals surface area contributed by atoms with Gasteiger partial charge in [0.1, 0.15) is 0 Å². The van der Waals surface area contributed by atoms with E-state index >= 15 is 0 Å². The normalized spacial score (nSPS) is 18.8. The molecule has 2 N–H and O–H groups in total. The average Bonchev–Trinajstić information content (AvgIpc) is 2.42. The highest BCUT2D eigenvalue weighted by Gasteiger charge is 2.39. The second-order valence-electron chi connectivity index (χ2n) is 5.08. The van der Waals surface area contributed by atoms with Crippen LogP contribution in [-0.2, 0) is 11.3 Å². The highest BCUT2D eigenvalue weighted by molar-refractivity contribution is 5.77. The molecule has 0 amide bonds. The van der Waals surface area contributed by atoms with Gasteiger partial charge in [-0.1, -0.05) is 6.07 Å². The molecule has 0 atom stereocenters. The Kier molecular flexibility index (Phi) is 4.25. The second-order valence-corrected chi connectivity index (χ2v) is 5.08. The minimum Gasteiger partial charge on any atom is -0.494 e. The van der Waals surface area contributed by atoms with E-state index in [9.17, 15) is 14.3 Å². The average molecular weight is 283 g/mol. The van der Waals surface area contributed by atoms with Crippen molar-refractivity contribution in [2.45, 2.75) is 25.0 Å². The molecule has 0 aliphatic carbocycles. The monoisotopic (exact) mass is 283 g/mol. The fraction of sp³-hybridized carbons (Fsp3) is 0.500. The van der Waals surface area contributed by atoms with Crippen LogP contribution in [0.2, 0.25) is 0 Å². The Bertz CT molecular complexity index is 498. The predicted molar refractivity (Wildman–Crippen MR) is 70.0 cm³/mol. The molecule has 1 fully saturated rings. The number of carboxylic acids is 1. The number of ether oxygens (including phenoxy) is 1. The Balaban J connectivity index is 1.96. The van der Waals surface area contributed by atoms with Crippen molar-refractivity contribution in [3.05, 3.63) is 29.6 Å². The SMILES string of the molecule is COc1ccc(CN2CCC(O)(C(=O)O)CC2)cc1F. The zero-order valence-corrected chi connectivity index (χ0v) is 11.3. The van der Waals surface area contributed by atoms with Crippen LogP contribution in [0.1, 0.15) is 18.4 Å². The number of carboxylic acid groups (broad SMARTS) is 1. The highest BCUT2D eigenvalue weighted by Crippen LogP contribution is 2.24. The van der Waals surface area contributed by atoms with Gasteiger partial charge < -0.3 is 14.9 Å². The minimum atomic E-state index is -1.62. The van der Waals surface area contributed by atoms with Crippen molar-refractivity contribution in [2.24, 2.45) is 0 Å². The Morgan fingerprint density at radius 3 is 2.60 bits per heavy atom. The number of piperidine rings is 1. The van der Waals surface area contributed by atoms with Crippen LogP contribution >= 0.6 is 0 Å². The molecule has 0 saturated carbocycles. The van der Waals surface area contributed by atoms with E-state index in [-0.39, 0.29) is 18.6 Å². The maximum Gasteiger partial charge on any atom is 0.335 e. The van der Waals surface area contributed by atoms with Crippen LogP contribution in [-0.4, -0.2) is 46.9 Å². The topological polar surface area (TPSA) is 70.0 Å². The number of nitrogens with zero attached hydrogens (tertiary/aromatic N) is 1. The zero-order valence-electron chi connectivity index (χ0n) is 11.3. The van der Waals surface area contributed by atoms with E-state index in [1.807, 2.05) is 4.90 Å². The molecule has 1 heterocycles. The van der Waals surface area contributed by atoms with Crippen LogP contribution in [0.3, 0.4) is 0 Å². The number of rotatable bonds is 4. The first-order valence-electron chi connectivity index (χ1n) is 6.45. The summed E-state index contributed by atoms with van der Waals surface area (Å²) < 4.78 is 18.4. The third-order valence-corrected chi connectivity index (χ3v) is 3.70. The molecular weight excluding hydrogens is 265 g/mol. The van der Waals surface area contributed by atoms with E-state index in [0.717, 1.165) is 5.56 Å². The van der Waals surface area contributed by atoms with Gasteiger partial charge in [0.25, 0.3) is 0 Å². The van der Waals surface area contributed by atoms with Gasteiger partial charge in [0, 0.05) is 19.6 Å². The van der Waals surface area contributed by atoms with Crippen LogP contribution in [0.4, 0.5) is 4.39 Å². The van der Waals surface area contributed by atoms with E-state index in [1.165, 1.54) is 13.2 Å². The minimum absolute atomic E-state index is 0.182. The summed E-state index contributed by atoms with van der Waals surface area (Å²) in [6.45, 7) is 1.46. The summed E-state index contributed by atoms with van der Waals surface area (Å²) >= 11 is 0. The molecule has 0 radical (unpaired) electrons. The largest absolute Gasteiger partial charge is 0.494 e. The first-order valence-corrected chi connectivity index (χ1v) is 6.45. The molecule has 0 aromatic heterocycles. The van der Waals surface area contributed by atoms with Gasteiger partial charge in [-0.25, -0.2) is 9.18 Å². The third kappa shape index (κ3) is 3.08. The van der Waals surface area contributed by atoms with Crippen molar-refractivity contribution in [3.8, 4) is 5.75 Å². The summed E-state index contributed by atoms with van der Waals surface area (Å²) in [5, 5.41) is 18.8. The molecule has 1 saturated heterocycles. The first-order chi connectivity index (χ1) is 9.44. The van der Waals surface area contributed by atoms with Gasteiger partial charge in [0.15, 0.2) is 17.2 Å². The molecule has 1 aromatic rings. The van der Waals surface area contributed by atoms with Crippen LogP contribution < -0.4 is 4.74 Å². The fourth-order valence-corrected chi connectivity index (χ4v) is 2.36. The van der Waals surface area contributed by atoms with Crippen molar-refractivity contribution in [3.63, 3.8) is 0 Å². The Morgan fingerprint density at radius 2 is 2.10 bits per heavy atom. The van der Waals surface area contributed by atoms with Crippen LogP contribution in [0.25, 0.3) is 0 Å². The molecule has 1 aromatic carbocycles. The Labute approximate surface area is 116 Å². The smallest absolute Gasteiger partial charge is 0.335 e. The van der Waals surface area contributed by atoms with E-state index in [0.29, 0.717) is 19.6 Å². The summed E-state index contributed by atoms with van der Waals surface area (Å²) in [6.07, 6.45) is 0.363. The standard InChI is InChI=1S/C14H18FNO4/c1-20-12-3-2-10(8-11(12)15)9-16-6-4-14(19,5-7-16)13(17)18/h2-3,8,19H,4-7,9H2,1H3,(H,17,18). The van der Waals surface area contributed by atoms with Gasteiger partial charge in [0.2, 0.25) is 0 Å². The molecule has 1 aliphatic heterocycles. The lowest BCUT2D eigenvalue weighted by Gasteiger charge is -2.35. The molecule has 20 heavy (non-hydrogen) atoms. The van der Waals surface area contributed by atoms with Crippen molar-refractivity contribution in [1.82, 2.24) is 4.90 Å². The summed E-state index contributed by atoms with van der Waals surface area (Å²) in [4.78, 5) is 12.9. The lowest BCUT2D eigenvalue weighted by Crippen LogP contribution is -2.49. The molecule has 0 unspecified atom stereocenters. The van der Waals surface area contributed by atoms with Crippen LogP contribution in [0.5, 0.6) is 5.75 Å². The van der Waals surface area contributed by atoms with E-state index in [4.69, 9.17) is 9.84 Å². The second kappa shape index (κ2) is 5.76. The summed E-state index contributed by atoms with van der Waals surface area (Å²) in [5.74, 6) is -1.38. The van der Waals surface area contributed by atoms with Gasteiger partial charge in [0.05, 0.1) is 7.11 Å². The first kappa shape index (κ1) is 14.7. The molecule has 110 valence electrons. The maximum absolute atomic E-state index is 13.6. The number of likely N-dealkylation sites (tertiary alicyclic amines) is 1. The van der Waals surface area contributed by atoms with Crippen molar-refractivity contribution >= 4 is 5.97 Å². The summed E-state index contributed by atoms with van der Waals surface area (Å²) in [6, 6.07) is 4.76. The van der Waals surface area contributed by atoms with E-state index in [1.54, 1.807) is 12.1 Å². The van der Waals surface area contributed by atoms with Gasteiger partial charge in [-0.15, -0.1) is 0 Å². The van der Waals surface area contributed by atoms with Gasteiger partial charge in [-0.3, -0.25) is 4.90 Å². The quantitative estimate of drug-likeness (QED) is 0.870. The zero-order chi connectivity index (χ0) is 14.8. The molecule has 1 aliphatic rings. The number of methoxy groups -OCH3 is 1. The summed E-state index contributed by atoms with van der Waals surface area (Å²) in [5.41, 5.74) is -0.828. The predicted octanol–water partition coefficient (Wildman–Crippen LogP) is 1.25. The van der Waals surface area contributed by atoms with Crippen LogP contribution in [0, 0.1) is 5.82 Å². The molecule has 2 rings (SSSR count). The Morgan fingerprint density at radius 1 is 1.45 bits per heavy atom.